The molecule has 0 fully saturated rings. The minimum Gasteiger partial charge on any atom is -0.487 e. The zero-order chi connectivity index (χ0) is 18.6. The Bertz CT molecular complexity index is 944. The first-order chi connectivity index (χ1) is 13.2. The van der Waals surface area contributed by atoms with Crippen LogP contribution in [0, 0.1) is 0 Å². The zero-order valence-electron chi connectivity index (χ0n) is 14.6. The summed E-state index contributed by atoms with van der Waals surface area (Å²) in [4.78, 5) is 22.0. The van der Waals surface area contributed by atoms with Crippen molar-refractivity contribution in [3.63, 3.8) is 0 Å². The van der Waals surface area contributed by atoms with E-state index in [2.05, 4.69) is 20.2 Å². The molecule has 1 aliphatic rings. The quantitative estimate of drug-likeness (QED) is 0.708. The van der Waals surface area contributed by atoms with Crippen LogP contribution in [0.25, 0.3) is 0 Å². The van der Waals surface area contributed by atoms with E-state index in [4.69, 9.17) is 14.2 Å². The van der Waals surface area contributed by atoms with Crippen LogP contribution in [0.5, 0.6) is 17.2 Å². The van der Waals surface area contributed by atoms with Crippen molar-refractivity contribution in [1.29, 1.82) is 0 Å². The molecule has 3 aromatic rings. The first-order valence-electron chi connectivity index (χ1n) is 8.26. The largest absolute Gasteiger partial charge is 0.487 e. The molecule has 9 heteroatoms. The molecule has 0 spiro atoms. The fourth-order valence-corrected chi connectivity index (χ4v) is 2.59. The molecule has 0 saturated heterocycles. The average molecular weight is 367 g/mol. The number of aromatic nitrogens is 4. The molecule has 138 valence electrons. The van der Waals surface area contributed by atoms with Crippen LogP contribution >= 0.6 is 0 Å². The Morgan fingerprint density at radius 3 is 3.00 bits per heavy atom. The predicted octanol–water partition coefficient (Wildman–Crippen LogP) is 1.78. The molecule has 0 bridgehead atoms. The molecule has 1 aromatic carbocycles. The van der Waals surface area contributed by atoms with Crippen molar-refractivity contribution in [2.75, 3.05) is 13.8 Å². The van der Waals surface area contributed by atoms with Crippen LogP contribution in [0.3, 0.4) is 0 Å². The molecule has 27 heavy (non-hydrogen) atoms. The number of fused-ring (bicyclic) bond motifs is 1. The fraction of sp³-hybridized carbons (Fsp3) is 0.222. The summed E-state index contributed by atoms with van der Waals surface area (Å²) in [6.45, 7) is 0.833. The summed E-state index contributed by atoms with van der Waals surface area (Å²) in [5.74, 6) is 1.78. The Morgan fingerprint density at radius 2 is 2.15 bits per heavy atom. The number of ether oxygens (including phenoxy) is 3. The van der Waals surface area contributed by atoms with Gasteiger partial charge >= 0.3 is 0 Å². The van der Waals surface area contributed by atoms with Gasteiger partial charge in [-0.2, -0.15) is 5.10 Å². The van der Waals surface area contributed by atoms with Crippen LogP contribution in [0.4, 0.5) is 0 Å². The molecule has 0 saturated carbocycles. The molecule has 2 aromatic heterocycles. The van der Waals surface area contributed by atoms with Crippen LogP contribution in [0.1, 0.15) is 21.9 Å². The molecule has 0 aliphatic carbocycles. The third-order valence-corrected chi connectivity index (χ3v) is 3.98. The maximum Gasteiger partial charge on any atom is 0.274 e. The fourth-order valence-electron chi connectivity index (χ4n) is 2.59. The second-order valence-corrected chi connectivity index (χ2v) is 5.94. The van der Waals surface area contributed by atoms with E-state index in [1.807, 2.05) is 0 Å². The summed E-state index contributed by atoms with van der Waals surface area (Å²) in [5.41, 5.74) is 1.75. The number of nitrogens with zero attached hydrogens (tertiary/aromatic N) is 4. The third-order valence-electron chi connectivity index (χ3n) is 3.98. The van der Waals surface area contributed by atoms with E-state index < -0.39 is 0 Å². The van der Waals surface area contributed by atoms with Gasteiger partial charge < -0.3 is 19.1 Å². The number of amides is 1. The standard InChI is InChI=1S/C18H17N5O4/c1-23(8-12-4-5-19-10-20-12)18(24)15-6-13(21-22-15)9-25-14-2-3-16-17(7-14)27-11-26-16/h2-7,10H,8-9,11H2,1H3,(H,21,22). The molecule has 0 atom stereocenters. The first-order valence-corrected chi connectivity index (χ1v) is 8.26. The van der Waals surface area contributed by atoms with E-state index in [9.17, 15) is 4.79 Å². The van der Waals surface area contributed by atoms with Crippen LogP contribution in [-0.2, 0) is 13.2 Å². The number of rotatable bonds is 6. The number of hydrogen-bond acceptors (Lipinski definition) is 7. The lowest BCUT2D eigenvalue weighted by atomic mass is 10.3. The van der Waals surface area contributed by atoms with Crippen LogP contribution in [0.15, 0.2) is 42.9 Å². The number of aromatic amines is 1. The number of carbonyl (C=O) groups excluding carboxylic acids is 1. The summed E-state index contributed by atoms with van der Waals surface area (Å²) in [5, 5.41) is 6.90. The van der Waals surface area contributed by atoms with Crippen LogP contribution in [0.2, 0.25) is 0 Å². The lowest BCUT2D eigenvalue weighted by molar-refractivity contribution is 0.0777. The van der Waals surface area contributed by atoms with Gasteiger partial charge in [0.05, 0.1) is 17.9 Å². The average Bonchev–Trinajstić information content (AvgIpc) is 3.35. The van der Waals surface area contributed by atoms with Gasteiger partial charge in [0.1, 0.15) is 18.7 Å². The number of hydrogen-bond donors (Lipinski definition) is 1. The van der Waals surface area contributed by atoms with E-state index in [-0.39, 0.29) is 19.3 Å². The Balaban J connectivity index is 1.36. The molecular formula is C18H17N5O4. The Kier molecular flexibility index (Phi) is 4.56. The van der Waals surface area contributed by atoms with E-state index in [1.165, 1.54) is 6.33 Å². The SMILES string of the molecule is CN(Cc1ccncn1)C(=O)c1cc(COc2ccc3c(c2)OCO3)[nH]n1. The van der Waals surface area contributed by atoms with Gasteiger partial charge in [-0.1, -0.05) is 0 Å². The summed E-state index contributed by atoms with van der Waals surface area (Å²) >= 11 is 0. The molecular weight excluding hydrogens is 350 g/mol. The topological polar surface area (TPSA) is 102 Å². The van der Waals surface area contributed by atoms with Gasteiger partial charge in [-0.25, -0.2) is 9.97 Å². The normalized spacial score (nSPS) is 12.0. The summed E-state index contributed by atoms with van der Waals surface area (Å²) < 4.78 is 16.3. The van der Waals surface area contributed by atoms with Crippen molar-refractivity contribution in [3.8, 4) is 17.2 Å². The molecule has 9 nitrogen and oxygen atoms in total. The highest BCUT2D eigenvalue weighted by Crippen LogP contribution is 2.35. The van der Waals surface area contributed by atoms with Crippen molar-refractivity contribution in [3.05, 3.63) is 59.9 Å². The van der Waals surface area contributed by atoms with Gasteiger partial charge in [-0.3, -0.25) is 9.89 Å². The number of nitrogens with one attached hydrogen (secondary N) is 1. The van der Waals surface area contributed by atoms with Gasteiger partial charge in [0, 0.05) is 19.3 Å². The van der Waals surface area contributed by atoms with Gasteiger partial charge in [-0.05, 0) is 24.3 Å². The van der Waals surface area contributed by atoms with E-state index in [1.54, 1.807) is 48.5 Å². The minimum absolute atomic E-state index is 0.209. The first kappa shape index (κ1) is 16.8. The zero-order valence-corrected chi connectivity index (χ0v) is 14.6. The molecule has 0 radical (unpaired) electrons. The van der Waals surface area contributed by atoms with Gasteiger partial charge in [0.15, 0.2) is 17.2 Å². The lowest BCUT2D eigenvalue weighted by Crippen LogP contribution is -2.26. The summed E-state index contributed by atoms with van der Waals surface area (Å²) in [6, 6.07) is 8.79. The van der Waals surface area contributed by atoms with E-state index in [0.29, 0.717) is 35.2 Å². The van der Waals surface area contributed by atoms with Gasteiger partial charge in [-0.15, -0.1) is 0 Å². The van der Waals surface area contributed by atoms with E-state index in [0.717, 1.165) is 5.69 Å². The third kappa shape index (κ3) is 3.81. The van der Waals surface area contributed by atoms with E-state index >= 15 is 0 Å². The Morgan fingerprint density at radius 1 is 1.26 bits per heavy atom. The smallest absolute Gasteiger partial charge is 0.274 e. The maximum atomic E-state index is 12.5. The Labute approximate surface area is 154 Å². The minimum atomic E-state index is -0.209. The number of H-pyrrole nitrogens is 1. The summed E-state index contributed by atoms with van der Waals surface area (Å²) in [7, 11) is 1.70. The Hall–Kier alpha value is -3.62. The number of carbonyl (C=O) groups is 1. The second-order valence-electron chi connectivity index (χ2n) is 5.94. The highest BCUT2D eigenvalue weighted by atomic mass is 16.7. The molecule has 1 amide bonds. The molecule has 3 heterocycles. The van der Waals surface area contributed by atoms with Crippen molar-refractivity contribution in [1.82, 2.24) is 25.1 Å². The van der Waals surface area contributed by atoms with Crippen molar-refractivity contribution >= 4 is 5.91 Å². The van der Waals surface area contributed by atoms with Gasteiger partial charge in [0.25, 0.3) is 5.91 Å². The van der Waals surface area contributed by atoms with Gasteiger partial charge in [0.2, 0.25) is 6.79 Å². The molecule has 4 rings (SSSR count). The lowest BCUT2D eigenvalue weighted by Gasteiger charge is -2.14. The highest BCUT2D eigenvalue weighted by molar-refractivity contribution is 5.92. The van der Waals surface area contributed by atoms with Crippen molar-refractivity contribution < 1.29 is 19.0 Å². The van der Waals surface area contributed by atoms with Crippen LogP contribution < -0.4 is 14.2 Å². The molecule has 1 N–H and O–H groups in total. The molecule has 0 unspecified atom stereocenters. The maximum absolute atomic E-state index is 12.5. The predicted molar refractivity (Wildman–Crippen MR) is 93.3 cm³/mol. The monoisotopic (exact) mass is 367 g/mol. The summed E-state index contributed by atoms with van der Waals surface area (Å²) in [6.07, 6.45) is 3.09. The van der Waals surface area contributed by atoms with Crippen molar-refractivity contribution in [2.45, 2.75) is 13.2 Å². The highest BCUT2D eigenvalue weighted by Gasteiger charge is 2.17. The van der Waals surface area contributed by atoms with Crippen molar-refractivity contribution in [2.24, 2.45) is 0 Å². The molecule has 1 aliphatic heterocycles. The van der Waals surface area contributed by atoms with Crippen LogP contribution in [-0.4, -0.2) is 44.8 Å². The second kappa shape index (κ2) is 7.32. The number of benzene rings is 1.